The average Bonchev–Trinajstić information content (AvgIpc) is 2.65. The van der Waals surface area contributed by atoms with Gasteiger partial charge in [-0.2, -0.15) is 0 Å². The molecule has 1 unspecified atom stereocenters. The third-order valence-corrected chi connectivity index (χ3v) is 3.93. The highest BCUT2D eigenvalue weighted by Crippen LogP contribution is 2.24. The quantitative estimate of drug-likeness (QED) is 0.766. The van der Waals surface area contributed by atoms with Crippen molar-refractivity contribution in [1.82, 2.24) is 10.3 Å². The monoisotopic (exact) mass is 326 g/mol. The van der Waals surface area contributed by atoms with Gasteiger partial charge in [-0.25, -0.2) is 4.98 Å². The second-order valence-electron chi connectivity index (χ2n) is 5.63. The molecule has 0 bridgehead atoms. The molecule has 0 aliphatic carbocycles. The van der Waals surface area contributed by atoms with Gasteiger partial charge in [0.25, 0.3) is 5.91 Å². The minimum Gasteiger partial charge on any atom is -0.396 e. The number of carbonyl (C=O) groups excluding carboxylic acids is 2. The Balaban J connectivity index is 2.42. The summed E-state index contributed by atoms with van der Waals surface area (Å²) in [6, 6.07) is 13.1. The lowest BCUT2D eigenvalue weighted by Crippen LogP contribution is -2.21. The van der Waals surface area contributed by atoms with E-state index in [2.05, 4.69) is 10.3 Å². The Morgan fingerprint density at radius 1 is 1.21 bits per heavy atom. The first-order valence-corrected chi connectivity index (χ1v) is 8.00. The number of amides is 1. The van der Waals surface area contributed by atoms with Crippen molar-refractivity contribution >= 4 is 11.7 Å². The highest BCUT2D eigenvalue weighted by Gasteiger charge is 2.17. The summed E-state index contributed by atoms with van der Waals surface area (Å²) in [7, 11) is 1.53. The van der Waals surface area contributed by atoms with Crippen LogP contribution < -0.4 is 5.32 Å². The summed E-state index contributed by atoms with van der Waals surface area (Å²) in [4.78, 5) is 28.7. The van der Waals surface area contributed by atoms with Gasteiger partial charge in [-0.15, -0.1) is 0 Å². The van der Waals surface area contributed by atoms with E-state index in [0.717, 1.165) is 5.56 Å². The zero-order valence-corrected chi connectivity index (χ0v) is 14.0. The molecule has 0 saturated heterocycles. The molecular formula is C19H22N2O3. The highest BCUT2D eigenvalue weighted by molar-refractivity contribution is 5.99. The molecule has 0 aliphatic rings. The van der Waals surface area contributed by atoms with E-state index in [4.69, 9.17) is 5.11 Å². The average molecular weight is 326 g/mol. The first-order valence-electron chi connectivity index (χ1n) is 8.00. The minimum absolute atomic E-state index is 0.0353. The number of nitrogens with zero attached hydrogens (tertiary/aromatic N) is 1. The molecule has 2 N–H and O–H groups in total. The molecule has 2 rings (SSSR count). The predicted octanol–water partition coefficient (Wildman–Crippen LogP) is 2.55. The number of aliphatic hydroxyl groups is 1. The number of pyridine rings is 1. The van der Waals surface area contributed by atoms with Gasteiger partial charge in [-0.1, -0.05) is 37.3 Å². The van der Waals surface area contributed by atoms with Crippen LogP contribution in [0.25, 0.3) is 0 Å². The zero-order chi connectivity index (χ0) is 17.5. The minimum atomic E-state index is -0.326. The maximum absolute atomic E-state index is 12.3. The van der Waals surface area contributed by atoms with Crippen LogP contribution in [0.2, 0.25) is 0 Å². The fourth-order valence-electron chi connectivity index (χ4n) is 2.48. The first-order chi connectivity index (χ1) is 11.6. The summed E-state index contributed by atoms with van der Waals surface area (Å²) in [5.74, 6) is -0.466. The van der Waals surface area contributed by atoms with E-state index in [-0.39, 0.29) is 36.3 Å². The summed E-state index contributed by atoms with van der Waals surface area (Å²) in [6.45, 7) is 1.96. The molecule has 1 aromatic heterocycles. The number of benzene rings is 1. The number of hydrogen-bond donors (Lipinski definition) is 2. The molecule has 0 aliphatic heterocycles. The molecule has 24 heavy (non-hydrogen) atoms. The Kier molecular flexibility index (Phi) is 6.21. The summed E-state index contributed by atoms with van der Waals surface area (Å²) in [5.41, 5.74) is 2.42. The fourth-order valence-corrected chi connectivity index (χ4v) is 2.48. The molecule has 0 saturated carbocycles. The molecule has 0 spiro atoms. The van der Waals surface area contributed by atoms with Crippen molar-refractivity contribution in [3.8, 4) is 0 Å². The maximum atomic E-state index is 12.3. The summed E-state index contributed by atoms with van der Waals surface area (Å²) in [5, 5.41) is 11.4. The number of carbonyl (C=O) groups is 2. The van der Waals surface area contributed by atoms with Crippen LogP contribution in [0, 0.1) is 0 Å². The largest absolute Gasteiger partial charge is 0.396 e. The van der Waals surface area contributed by atoms with Crippen LogP contribution >= 0.6 is 0 Å². The Labute approximate surface area is 141 Å². The number of aromatic nitrogens is 1. The van der Waals surface area contributed by atoms with Crippen molar-refractivity contribution in [3.05, 3.63) is 65.0 Å². The molecule has 5 heteroatoms. The van der Waals surface area contributed by atoms with Crippen molar-refractivity contribution in [2.24, 2.45) is 0 Å². The Morgan fingerprint density at radius 2 is 1.92 bits per heavy atom. The van der Waals surface area contributed by atoms with Crippen LogP contribution in [0.4, 0.5) is 0 Å². The van der Waals surface area contributed by atoms with Crippen LogP contribution in [-0.2, 0) is 0 Å². The van der Waals surface area contributed by atoms with Crippen molar-refractivity contribution in [2.75, 3.05) is 13.7 Å². The standard InChI is InChI=1S/C19H22N2O3/c1-13(14-7-4-3-5-8-14)16-11-15(18(23)9-6-10-22)12-17(21-16)19(24)20-2/h3-5,7-8,11-13,22H,6,9-10H2,1-2H3,(H,20,24). The smallest absolute Gasteiger partial charge is 0.269 e. The molecule has 126 valence electrons. The lowest BCUT2D eigenvalue weighted by Gasteiger charge is -2.14. The summed E-state index contributed by atoms with van der Waals surface area (Å²) >= 11 is 0. The number of aliphatic hydroxyl groups excluding tert-OH is 1. The van der Waals surface area contributed by atoms with Gasteiger partial charge >= 0.3 is 0 Å². The molecule has 5 nitrogen and oxygen atoms in total. The van der Waals surface area contributed by atoms with Gasteiger partial charge in [0.15, 0.2) is 5.78 Å². The van der Waals surface area contributed by atoms with E-state index in [1.165, 1.54) is 13.1 Å². The number of nitrogens with one attached hydrogen (secondary N) is 1. The van der Waals surface area contributed by atoms with Gasteiger partial charge in [0.05, 0.1) is 0 Å². The van der Waals surface area contributed by atoms with Gasteiger partial charge in [0.1, 0.15) is 5.69 Å². The first kappa shape index (κ1) is 17.8. The normalized spacial score (nSPS) is 11.8. The molecule has 0 radical (unpaired) electrons. The van der Waals surface area contributed by atoms with Gasteiger partial charge in [-0.3, -0.25) is 9.59 Å². The number of rotatable bonds is 7. The van der Waals surface area contributed by atoms with Crippen LogP contribution in [0.3, 0.4) is 0 Å². The molecule has 1 atom stereocenters. The molecular weight excluding hydrogens is 304 g/mol. The van der Waals surface area contributed by atoms with Crippen LogP contribution in [0.5, 0.6) is 0 Å². The lowest BCUT2D eigenvalue weighted by molar-refractivity contribution is 0.0958. The summed E-state index contributed by atoms with van der Waals surface area (Å²) in [6.07, 6.45) is 0.646. The second kappa shape index (κ2) is 8.36. The van der Waals surface area contributed by atoms with Crippen molar-refractivity contribution < 1.29 is 14.7 Å². The van der Waals surface area contributed by atoms with Crippen molar-refractivity contribution in [2.45, 2.75) is 25.7 Å². The van der Waals surface area contributed by atoms with E-state index in [1.807, 2.05) is 37.3 Å². The van der Waals surface area contributed by atoms with Crippen LogP contribution in [-0.4, -0.2) is 35.4 Å². The maximum Gasteiger partial charge on any atom is 0.269 e. The Morgan fingerprint density at radius 3 is 2.54 bits per heavy atom. The molecule has 2 aromatic rings. The number of ketones is 1. The third-order valence-electron chi connectivity index (χ3n) is 3.93. The van der Waals surface area contributed by atoms with Crippen LogP contribution in [0.15, 0.2) is 42.5 Å². The van der Waals surface area contributed by atoms with E-state index in [9.17, 15) is 9.59 Å². The SMILES string of the molecule is CNC(=O)c1cc(C(=O)CCCO)cc(C(C)c2ccccc2)n1. The van der Waals surface area contributed by atoms with Gasteiger partial charge in [0.2, 0.25) is 0 Å². The van der Waals surface area contributed by atoms with Gasteiger partial charge in [0, 0.05) is 37.3 Å². The Bertz CT molecular complexity index is 714. The van der Waals surface area contributed by atoms with E-state index in [0.29, 0.717) is 17.7 Å². The molecule has 0 fully saturated rings. The fraction of sp³-hybridized carbons (Fsp3) is 0.316. The molecule has 1 aromatic carbocycles. The zero-order valence-electron chi connectivity index (χ0n) is 14.0. The number of hydrogen-bond acceptors (Lipinski definition) is 4. The number of Topliss-reactive ketones (excluding diaryl/α,β-unsaturated/α-hetero) is 1. The molecule has 1 heterocycles. The predicted molar refractivity (Wildman–Crippen MR) is 92.2 cm³/mol. The topological polar surface area (TPSA) is 79.3 Å². The van der Waals surface area contributed by atoms with E-state index in [1.54, 1.807) is 6.07 Å². The van der Waals surface area contributed by atoms with Gasteiger partial charge < -0.3 is 10.4 Å². The lowest BCUT2D eigenvalue weighted by atomic mass is 9.94. The third kappa shape index (κ3) is 4.26. The van der Waals surface area contributed by atoms with E-state index < -0.39 is 0 Å². The highest BCUT2D eigenvalue weighted by atomic mass is 16.3. The van der Waals surface area contributed by atoms with Crippen LogP contribution in [0.1, 0.15) is 57.8 Å². The van der Waals surface area contributed by atoms with Crippen molar-refractivity contribution in [3.63, 3.8) is 0 Å². The summed E-state index contributed by atoms with van der Waals surface area (Å²) < 4.78 is 0. The Hall–Kier alpha value is -2.53. The van der Waals surface area contributed by atoms with Crippen molar-refractivity contribution in [1.29, 1.82) is 0 Å². The second-order valence-corrected chi connectivity index (χ2v) is 5.63. The molecule has 1 amide bonds. The van der Waals surface area contributed by atoms with Gasteiger partial charge in [-0.05, 0) is 24.1 Å². The van der Waals surface area contributed by atoms with E-state index >= 15 is 0 Å².